The van der Waals surface area contributed by atoms with Gasteiger partial charge in [0, 0.05) is 13.2 Å². The van der Waals surface area contributed by atoms with Crippen LogP contribution >= 0.6 is 0 Å². The SMILES string of the molecule is C=C(C(=O)O)C(=O)OCC(OCC)OCC. The fourth-order valence-corrected chi connectivity index (χ4v) is 0.834. The van der Waals surface area contributed by atoms with Crippen molar-refractivity contribution in [2.45, 2.75) is 20.1 Å². The Hall–Kier alpha value is -1.40. The van der Waals surface area contributed by atoms with E-state index in [1.165, 1.54) is 0 Å². The van der Waals surface area contributed by atoms with Crippen molar-refractivity contribution in [3.8, 4) is 0 Å². The van der Waals surface area contributed by atoms with Gasteiger partial charge < -0.3 is 19.3 Å². The predicted octanol–water partition coefficient (Wildman–Crippen LogP) is 0.569. The van der Waals surface area contributed by atoms with E-state index in [1.54, 1.807) is 13.8 Å². The molecule has 16 heavy (non-hydrogen) atoms. The van der Waals surface area contributed by atoms with Gasteiger partial charge in [0.15, 0.2) is 6.29 Å². The number of carboxylic acid groups (broad SMARTS) is 1. The summed E-state index contributed by atoms with van der Waals surface area (Å²) in [4.78, 5) is 21.5. The molecule has 0 radical (unpaired) electrons. The molecule has 92 valence electrons. The fraction of sp³-hybridized carbons (Fsp3) is 0.600. The number of carbonyl (C=O) groups excluding carboxylic acids is 1. The Labute approximate surface area is 93.8 Å². The number of hydrogen-bond donors (Lipinski definition) is 1. The predicted molar refractivity (Wildman–Crippen MR) is 54.8 cm³/mol. The monoisotopic (exact) mass is 232 g/mol. The van der Waals surface area contributed by atoms with Gasteiger partial charge >= 0.3 is 11.9 Å². The van der Waals surface area contributed by atoms with E-state index in [-0.39, 0.29) is 6.61 Å². The van der Waals surface area contributed by atoms with Crippen molar-refractivity contribution >= 4 is 11.9 Å². The Balaban J connectivity index is 4.04. The maximum absolute atomic E-state index is 11.1. The van der Waals surface area contributed by atoms with Crippen molar-refractivity contribution in [1.82, 2.24) is 0 Å². The van der Waals surface area contributed by atoms with E-state index in [4.69, 9.17) is 14.6 Å². The fourth-order valence-electron chi connectivity index (χ4n) is 0.834. The summed E-state index contributed by atoms with van der Waals surface area (Å²) in [5.41, 5.74) is -0.619. The second-order valence-electron chi connectivity index (χ2n) is 2.72. The van der Waals surface area contributed by atoms with E-state index in [1.807, 2.05) is 0 Å². The standard InChI is InChI=1S/C10H16O6/c1-4-14-8(15-5-2)6-16-10(13)7(3)9(11)12/h8H,3-6H2,1-2H3,(H,11,12). The quantitative estimate of drug-likeness (QED) is 0.216. The minimum Gasteiger partial charge on any atom is -0.477 e. The zero-order chi connectivity index (χ0) is 12.6. The molecule has 0 aliphatic heterocycles. The molecule has 0 aromatic rings. The summed E-state index contributed by atoms with van der Waals surface area (Å²) >= 11 is 0. The maximum Gasteiger partial charge on any atom is 0.345 e. The van der Waals surface area contributed by atoms with Crippen molar-refractivity contribution in [2.24, 2.45) is 0 Å². The molecule has 6 heteroatoms. The van der Waals surface area contributed by atoms with Crippen molar-refractivity contribution in [3.05, 3.63) is 12.2 Å². The van der Waals surface area contributed by atoms with Crippen molar-refractivity contribution in [1.29, 1.82) is 0 Å². The molecule has 0 heterocycles. The van der Waals surface area contributed by atoms with Gasteiger partial charge in [-0.15, -0.1) is 0 Å². The number of rotatable bonds is 8. The largest absolute Gasteiger partial charge is 0.477 e. The average molecular weight is 232 g/mol. The molecule has 0 atom stereocenters. The van der Waals surface area contributed by atoms with E-state index in [0.29, 0.717) is 13.2 Å². The van der Waals surface area contributed by atoms with Crippen LogP contribution in [0.3, 0.4) is 0 Å². The molecular formula is C10H16O6. The third-order valence-electron chi connectivity index (χ3n) is 1.56. The second kappa shape index (κ2) is 7.84. The van der Waals surface area contributed by atoms with Gasteiger partial charge in [0.1, 0.15) is 12.2 Å². The van der Waals surface area contributed by atoms with Gasteiger partial charge in [-0.05, 0) is 13.8 Å². The lowest BCUT2D eigenvalue weighted by atomic mass is 10.3. The lowest BCUT2D eigenvalue weighted by Crippen LogP contribution is -2.26. The number of aliphatic carboxylic acids is 1. The van der Waals surface area contributed by atoms with Crippen LogP contribution in [0, 0.1) is 0 Å². The molecular weight excluding hydrogens is 216 g/mol. The van der Waals surface area contributed by atoms with Crippen LogP contribution in [0.4, 0.5) is 0 Å². The average Bonchev–Trinajstić information content (AvgIpc) is 2.24. The summed E-state index contributed by atoms with van der Waals surface area (Å²) in [6.07, 6.45) is -0.680. The Morgan fingerprint density at radius 1 is 1.25 bits per heavy atom. The first-order chi connectivity index (χ1) is 7.52. The summed E-state index contributed by atoms with van der Waals surface area (Å²) in [6, 6.07) is 0. The zero-order valence-corrected chi connectivity index (χ0v) is 9.39. The number of esters is 1. The van der Waals surface area contributed by atoms with Gasteiger partial charge in [-0.3, -0.25) is 0 Å². The maximum atomic E-state index is 11.1. The highest BCUT2D eigenvalue weighted by atomic mass is 16.7. The van der Waals surface area contributed by atoms with E-state index < -0.39 is 23.8 Å². The van der Waals surface area contributed by atoms with E-state index in [2.05, 4.69) is 11.3 Å². The highest BCUT2D eigenvalue weighted by Gasteiger charge is 2.18. The van der Waals surface area contributed by atoms with Crippen LogP contribution in [0.2, 0.25) is 0 Å². The van der Waals surface area contributed by atoms with Crippen molar-refractivity contribution in [3.63, 3.8) is 0 Å². The molecule has 1 N–H and O–H groups in total. The molecule has 0 unspecified atom stereocenters. The third-order valence-corrected chi connectivity index (χ3v) is 1.56. The van der Waals surface area contributed by atoms with Gasteiger partial charge in [-0.25, -0.2) is 9.59 Å². The number of hydrogen-bond acceptors (Lipinski definition) is 5. The minimum absolute atomic E-state index is 0.160. The summed E-state index contributed by atoms with van der Waals surface area (Å²) in [5.74, 6) is -2.40. The molecule has 0 saturated heterocycles. The van der Waals surface area contributed by atoms with Gasteiger partial charge in [0.2, 0.25) is 0 Å². The van der Waals surface area contributed by atoms with Crippen LogP contribution in [-0.4, -0.2) is 43.2 Å². The lowest BCUT2D eigenvalue weighted by Gasteiger charge is -2.16. The van der Waals surface area contributed by atoms with Crippen LogP contribution in [0.15, 0.2) is 12.2 Å². The molecule has 0 spiro atoms. The lowest BCUT2D eigenvalue weighted by molar-refractivity contribution is -0.177. The van der Waals surface area contributed by atoms with Crippen LogP contribution in [0.25, 0.3) is 0 Å². The summed E-state index contributed by atoms with van der Waals surface area (Å²) in [7, 11) is 0. The second-order valence-corrected chi connectivity index (χ2v) is 2.72. The van der Waals surface area contributed by atoms with Crippen LogP contribution in [0.5, 0.6) is 0 Å². The van der Waals surface area contributed by atoms with Crippen molar-refractivity contribution in [2.75, 3.05) is 19.8 Å². The van der Waals surface area contributed by atoms with Crippen molar-refractivity contribution < 1.29 is 28.9 Å². The molecule has 0 aromatic carbocycles. The summed E-state index contributed by atoms with van der Waals surface area (Å²) in [6.45, 7) is 7.25. The Morgan fingerprint density at radius 3 is 2.12 bits per heavy atom. The summed E-state index contributed by atoms with van der Waals surface area (Å²) < 4.78 is 14.9. The first kappa shape index (κ1) is 14.6. The minimum atomic E-state index is -1.41. The number of carbonyl (C=O) groups is 2. The van der Waals surface area contributed by atoms with Gasteiger partial charge in [0.25, 0.3) is 0 Å². The smallest absolute Gasteiger partial charge is 0.345 e. The number of carboxylic acids is 1. The highest BCUT2D eigenvalue weighted by Crippen LogP contribution is 2.00. The molecule has 6 nitrogen and oxygen atoms in total. The van der Waals surface area contributed by atoms with Crippen LogP contribution < -0.4 is 0 Å². The van der Waals surface area contributed by atoms with Gasteiger partial charge in [-0.2, -0.15) is 0 Å². The molecule has 0 rings (SSSR count). The molecule has 0 aromatic heterocycles. The first-order valence-electron chi connectivity index (χ1n) is 4.85. The Bertz CT molecular complexity index is 254. The van der Waals surface area contributed by atoms with E-state index in [9.17, 15) is 9.59 Å². The molecule has 0 saturated carbocycles. The van der Waals surface area contributed by atoms with E-state index >= 15 is 0 Å². The molecule has 0 bridgehead atoms. The molecule has 0 amide bonds. The summed E-state index contributed by atoms with van der Waals surface area (Å²) in [5, 5.41) is 8.46. The van der Waals surface area contributed by atoms with E-state index in [0.717, 1.165) is 0 Å². The van der Waals surface area contributed by atoms with Gasteiger partial charge in [-0.1, -0.05) is 6.58 Å². The first-order valence-corrected chi connectivity index (χ1v) is 4.85. The Kier molecular flexibility index (Phi) is 7.15. The number of ether oxygens (including phenoxy) is 3. The van der Waals surface area contributed by atoms with Crippen LogP contribution in [0.1, 0.15) is 13.8 Å². The molecule has 0 aliphatic rings. The zero-order valence-electron chi connectivity index (χ0n) is 9.39. The van der Waals surface area contributed by atoms with Gasteiger partial charge in [0.05, 0.1) is 0 Å². The Morgan fingerprint density at radius 2 is 1.75 bits per heavy atom. The third kappa shape index (κ3) is 5.47. The highest BCUT2D eigenvalue weighted by molar-refractivity contribution is 6.12. The molecule has 0 fully saturated rings. The topological polar surface area (TPSA) is 82.1 Å². The normalized spacial score (nSPS) is 10.2. The van der Waals surface area contributed by atoms with Crippen LogP contribution in [-0.2, 0) is 23.8 Å². The molecule has 0 aliphatic carbocycles.